The fraction of sp³-hybridized carbons (Fsp3) is 0.833. The Morgan fingerprint density at radius 2 is 2.00 bits per heavy atom. The van der Waals surface area contributed by atoms with Gasteiger partial charge in [0, 0.05) is 31.5 Å². The summed E-state index contributed by atoms with van der Waals surface area (Å²) in [5, 5.41) is 8.83. The Labute approximate surface area is 102 Å². The number of rotatable bonds is 6. The Morgan fingerprint density at radius 3 is 2.47 bits per heavy atom. The maximum atomic E-state index is 11.7. The van der Waals surface area contributed by atoms with E-state index in [0.717, 1.165) is 12.8 Å². The first-order valence-electron chi connectivity index (χ1n) is 6.18. The average Bonchev–Trinajstić information content (AvgIpc) is 2.14. The molecular weight excluding hydrogens is 220 g/mol. The van der Waals surface area contributed by atoms with Crippen molar-refractivity contribution in [2.24, 2.45) is 17.6 Å². The van der Waals surface area contributed by atoms with Gasteiger partial charge in [-0.25, -0.2) is 0 Å². The van der Waals surface area contributed by atoms with E-state index in [-0.39, 0.29) is 23.8 Å². The SMILES string of the molecule is CC(N)CCCC(=O)N1CC(C(C)C(=O)O)C1. The van der Waals surface area contributed by atoms with Gasteiger partial charge in [-0.3, -0.25) is 9.59 Å². The van der Waals surface area contributed by atoms with Crippen LogP contribution in [-0.2, 0) is 9.59 Å². The van der Waals surface area contributed by atoms with Crippen LogP contribution in [0.4, 0.5) is 0 Å². The van der Waals surface area contributed by atoms with E-state index in [1.165, 1.54) is 0 Å². The highest BCUT2D eigenvalue weighted by Crippen LogP contribution is 2.24. The van der Waals surface area contributed by atoms with E-state index < -0.39 is 5.97 Å². The minimum atomic E-state index is -0.779. The van der Waals surface area contributed by atoms with Crippen molar-refractivity contribution in [2.45, 2.75) is 39.2 Å². The molecule has 3 N–H and O–H groups in total. The number of hydrogen-bond acceptors (Lipinski definition) is 3. The first-order valence-corrected chi connectivity index (χ1v) is 6.18. The minimum absolute atomic E-state index is 0.116. The topological polar surface area (TPSA) is 83.6 Å². The van der Waals surface area contributed by atoms with Crippen LogP contribution < -0.4 is 5.73 Å². The third kappa shape index (κ3) is 4.00. The predicted molar refractivity (Wildman–Crippen MR) is 64.4 cm³/mol. The van der Waals surface area contributed by atoms with E-state index in [1.54, 1.807) is 11.8 Å². The van der Waals surface area contributed by atoms with Gasteiger partial charge >= 0.3 is 5.97 Å². The van der Waals surface area contributed by atoms with Crippen molar-refractivity contribution in [1.82, 2.24) is 4.90 Å². The van der Waals surface area contributed by atoms with Crippen LogP contribution in [0, 0.1) is 11.8 Å². The number of carboxylic acids is 1. The van der Waals surface area contributed by atoms with E-state index in [1.807, 2.05) is 6.92 Å². The normalized spacial score (nSPS) is 19.6. The van der Waals surface area contributed by atoms with Crippen LogP contribution >= 0.6 is 0 Å². The fourth-order valence-corrected chi connectivity index (χ4v) is 1.97. The van der Waals surface area contributed by atoms with Gasteiger partial charge < -0.3 is 15.7 Å². The van der Waals surface area contributed by atoms with Gasteiger partial charge in [0.25, 0.3) is 0 Å². The molecule has 0 bridgehead atoms. The zero-order valence-corrected chi connectivity index (χ0v) is 10.6. The highest BCUT2D eigenvalue weighted by Gasteiger charge is 2.36. The molecule has 1 fully saturated rings. The van der Waals surface area contributed by atoms with Gasteiger partial charge in [-0.15, -0.1) is 0 Å². The Kier molecular flexibility index (Phi) is 4.93. The summed E-state index contributed by atoms with van der Waals surface area (Å²) in [7, 11) is 0. The number of hydrogen-bond donors (Lipinski definition) is 2. The summed E-state index contributed by atoms with van der Waals surface area (Å²) in [6.07, 6.45) is 2.19. The van der Waals surface area contributed by atoms with Crippen molar-refractivity contribution < 1.29 is 14.7 Å². The van der Waals surface area contributed by atoms with E-state index in [0.29, 0.717) is 19.5 Å². The molecular formula is C12H22N2O3. The van der Waals surface area contributed by atoms with Crippen LogP contribution in [-0.4, -0.2) is 41.0 Å². The number of nitrogens with zero attached hydrogens (tertiary/aromatic N) is 1. The number of carboxylic acid groups (broad SMARTS) is 1. The molecule has 1 amide bonds. The Balaban J connectivity index is 2.19. The summed E-state index contributed by atoms with van der Waals surface area (Å²) < 4.78 is 0. The summed E-state index contributed by atoms with van der Waals surface area (Å²) in [4.78, 5) is 24.2. The van der Waals surface area contributed by atoms with Crippen LogP contribution in [0.2, 0.25) is 0 Å². The summed E-state index contributed by atoms with van der Waals surface area (Å²) in [5.74, 6) is -0.897. The van der Waals surface area contributed by atoms with Crippen molar-refractivity contribution in [3.63, 3.8) is 0 Å². The summed E-state index contributed by atoms with van der Waals surface area (Å²) in [5.41, 5.74) is 5.61. The van der Waals surface area contributed by atoms with Crippen molar-refractivity contribution in [3.05, 3.63) is 0 Å². The molecule has 1 aliphatic heterocycles. The van der Waals surface area contributed by atoms with E-state index in [2.05, 4.69) is 0 Å². The maximum Gasteiger partial charge on any atom is 0.306 e. The molecule has 1 aliphatic rings. The van der Waals surface area contributed by atoms with E-state index >= 15 is 0 Å². The van der Waals surface area contributed by atoms with Crippen LogP contribution in [0.3, 0.4) is 0 Å². The first kappa shape index (κ1) is 14.0. The molecule has 0 spiro atoms. The van der Waals surface area contributed by atoms with Gasteiger partial charge in [0.1, 0.15) is 0 Å². The lowest BCUT2D eigenvalue weighted by Gasteiger charge is -2.41. The number of amides is 1. The standard InChI is InChI=1S/C12H22N2O3/c1-8(13)4-3-5-11(15)14-6-10(7-14)9(2)12(16)17/h8-10H,3-7,13H2,1-2H3,(H,16,17). The highest BCUT2D eigenvalue weighted by atomic mass is 16.4. The molecule has 98 valence electrons. The van der Waals surface area contributed by atoms with Gasteiger partial charge in [-0.1, -0.05) is 6.92 Å². The number of likely N-dealkylation sites (tertiary alicyclic amines) is 1. The lowest BCUT2D eigenvalue weighted by molar-refractivity contribution is -0.150. The minimum Gasteiger partial charge on any atom is -0.481 e. The van der Waals surface area contributed by atoms with E-state index in [9.17, 15) is 9.59 Å². The van der Waals surface area contributed by atoms with Gasteiger partial charge in [0.2, 0.25) is 5.91 Å². The predicted octanol–water partition coefficient (Wildman–Crippen LogP) is 0.683. The third-order valence-electron chi connectivity index (χ3n) is 3.41. The summed E-state index contributed by atoms with van der Waals surface area (Å²) in [6, 6.07) is 0.138. The maximum absolute atomic E-state index is 11.7. The smallest absolute Gasteiger partial charge is 0.306 e. The second-order valence-corrected chi connectivity index (χ2v) is 5.06. The van der Waals surface area contributed by atoms with Crippen molar-refractivity contribution in [3.8, 4) is 0 Å². The van der Waals surface area contributed by atoms with Crippen LogP contribution in [0.25, 0.3) is 0 Å². The van der Waals surface area contributed by atoms with E-state index in [4.69, 9.17) is 10.8 Å². The molecule has 1 heterocycles. The number of carbonyl (C=O) groups is 2. The second-order valence-electron chi connectivity index (χ2n) is 5.06. The average molecular weight is 242 g/mol. The number of nitrogens with two attached hydrogens (primary N) is 1. The van der Waals surface area contributed by atoms with Crippen molar-refractivity contribution >= 4 is 11.9 Å². The third-order valence-corrected chi connectivity index (χ3v) is 3.41. The van der Waals surface area contributed by atoms with Gasteiger partial charge in [0.15, 0.2) is 0 Å². The molecule has 1 saturated heterocycles. The van der Waals surface area contributed by atoms with Crippen molar-refractivity contribution in [2.75, 3.05) is 13.1 Å². The monoisotopic (exact) mass is 242 g/mol. The number of aliphatic carboxylic acids is 1. The van der Waals surface area contributed by atoms with Crippen LogP contribution in [0.1, 0.15) is 33.1 Å². The van der Waals surface area contributed by atoms with Gasteiger partial charge in [-0.05, 0) is 19.8 Å². The molecule has 0 aromatic rings. The molecule has 17 heavy (non-hydrogen) atoms. The molecule has 2 unspecified atom stereocenters. The lowest BCUT2D eigenvalue weighted by atomic mass is 9.87. The first-order chi connectivity index (χ1) is 7.91. The van der Waals surface area contributed by atoms with Crippen molar-refractivity contribution in [1.29, 1.82) is 0 Å². The number of carbonyl (C=O) groups excluding carboxylic acids is 1. The molecule has 1 rings (SSSR count). The zero-order valence-electron chi connectivity index (χ0n) is 10.6. The van der Waals surface area contributed by atoms with Crippen LogP contribution in [0.5, 0.6) is 0 Å². The van der Waals surface area contributed by atoms with Gasteiger partial charge in [-0.2, -0.15) is 0 Å². The molecule has 0 aromatic heterocycles. The molecule has 5 heteroatoms. The Hall–Kier alpha value is -1.10. The highest BCUT2D eigenvalue weighted by molar-refractivity contribution is 5.77. The molecule has 2 atom stereocenters. The fourth-order valence-electron chi connectivity index (χ4n) is 1.97. The molecule has 0 aliphatic carbocycles. The quantitative estimate of drug-likeness (QED) is 0.717. The summed E-state index contributed by atoms with van der Waals surface area (Å²) >= 11 is 0. The molecule has 5 nitrogen and oxygen atoms in total. The molecule has 0 aromatic carbocycles. The largest absolute Gasteiger partial charge is 0.481 e. The molecule has 0 radical (unpaired) electrons. The second kappa shape index (κ2) is 6.00. The summed E-state index contributed by atoms with van der Waals surface area (Å²) in [6.45, 7) is 4.80. The van der Waals surface area contributed by atoms with Crippen LogP contribution in [0.15, 0.2) is 0 Å². The van der Waals surface area contributed by atoms with Gasteiger partial charge in [0.05, 0.1) is 5.92 Å². The Bertz CT molecular complexity index is 285. The zero-order chi connectivity index (χ0) is 13.0. The lowest BCUT2D eigenvalue weighted by Crippen LogP contribution is -2.53. The molecule has 0 saturated carbocycles. The Morgan fingerprint density at radius 1 is 1.41 bits per heavy atom.